The second kappa shape index (κ2) is 5.51. The van der Waals surface area contributed by atoms with Crippen LogP contribution in [0.25, 0.3) is 0 Å². The van der Waals surface area contributed by atoms with Crippen molar-refractivity contribution in [1.29, 1.82) is 0 Å². The second-order valence-corrected chi connectivity index (χ2v) is 3.26. The minimum atomic E-state index is -1.31. The van der Waals surface area contributed by atoms with Gasteiger partial charge in [-0.3, -0.25) is 10.1 Å². The third-order valence-electron chi connectivity index (χ3n) is 1.95. The summed E-state index contributed by atoms with van der Waals surface area (Å²) in [6.45, 7) is -0.641. The van der Waals surface area contributed by atoms with Crippen LogP contribution in [0.1, 0.15) is 0 Å². The maximum atomic E-state index is 13.1. The Morgan fingerprint density at radius 1 is 1.41 bits per heavy atom. The topological polar surface area (TPSA) is 95.6 Å². The summed E-state index contributed by atoms with van der Waals surface area (Å²) in [5, 5.41) is 30.2. The molecule has 0 aliphatic carbocycles. The van der Waals surface area contributed by atoms with Crippen molar-refractivity contribution in [3.05, 3.63) is 33.9 Å². The molecule has 3 N–H and O–H groups in total. The lowest BCUT2D eigenvalue weighted by molar-refractivity contribution is -0.390. The quantitative estimate of drug-likeness (QED) is 0.525. The Balaban J connectivity index is 2.87. The van der Waals surface area contributed by atoms with Gasteiger partial charge in [0.15, 0.2) is 0 Å². The number of benzene rings is 1. The Morgan fingerprint density at radius 2 is 1.94 bits per heavy atom. The van der Waals surface area contributed by atoms with Gasteiger partial charge < -0.3 is 15.5 Å². The molecular formula is C9H10F2N2O4. The molecule has 1 atom stereocenters. The fourth-order valence-electron chi connectivity index (χ4n) is 1.14. The van der Waals surface area contributed by atoms with E-state index in [1.54, 1.807) is 0 Å². The number of aliphatic hydroxyl groups excluding tert-OH is 2. The van der Waals surface area contributed by atoms with Crippen molar-refractivity contribution in [2.75, 3.05) is 18.5 Å². The first kappa shape index (κ1) is 13.3. The van der Waals surface area contributed by atoms with Crippen molar-refractivity contribution in [2.45, 2.75) is 6.10 Å². The van der Waals surface area contributed by atoms with E-state index in [0.717, 1.165) is 12.1 Å². The van der Waals surface area contributed by atoms with Crippen molar-refractivity contribution < 1.29 is 23.9 Å². The van der Waals surface area contributed by atoms with E-state index in [0.29, 0.717) is 0 Å². The van der Waals surface area contributed by atoms with E-state index in [1.165, 1.54) is 0 Å². The number of hydrogen-bond donors (Lipinski definition) is 3. The monoisotopic (exact) mass is 248 g/mol. The lowest BCUT2D eigenvalue weighted by Gasteiger charge is -2.10. The van der Waals surface area contributed by atoms with E-state index in [9.17, 15) is 18.9 Å². The first-order valence-corrected chi connectivity index (χ1v) is 4.62. The Morgan fingerprint density at radius 3 is 2.35 bits per heavy atom. The molecular weight excluding hydrogens is 238 g/mol. The van der Waals surface area contributed by atoms with Gasteiger partial charge in [-0.15, -0.1) is 0 Å². The zero-order valence-corrected chi connectivity index (χ0v) is 8.56. The van der Waals surface area contributed by atoms with Crippen LogP contribution in [0.5, 0.6) is 0 Å². The number of hydrogen-bond acceptors (Lipinski definition) is 5. The van der Waals surface area contributed by atoms with Crippen LogP contribution in [0.15, 0.2) is 12.1 Å². The molecule has 8 heteroatoms. The van der Waals surface area contributed by atoms with Crippen molar-refractivity contribution in [1.82, 2.24) is 0 Å². The lowest BCUT2D eigenvalue weighted by atomic mass is 10.2. The first-order chi connectivity index (χ1) is 7.95. The minimum Gasteiger partial charge on any atom is -0.394 e. The summed E-state index contributed by atoms with van der Waals surface area (Å²) in [7, 11) is 0. The van der Waals surface area contributed by atoms with E-state index in [4.69, 9.17) is 10.2 Å². The van der Waals surface area contributed by atoms with E-state index in [1.807, 2.05) is 0 Å². The molecule has 1 unspecified atom stereocenters. The number of nitro benzene ring substituents is 1. The van der Waals surface area contributed by atoms with Gasteiger partial charge in [0.2, 0.25) is 11.6 Å². The molecule has 6 nitrogen and oxygen atoms in total. The fourth-order valence-corrected chi connectivity index (χ4v) is 1.14. The van der Waals surface area contributed by atoms with Crippen molar-refractivity contribution in [3.63, 3.8) is 0 Å². The van der Waals surface area contributed by atoms with Crippen LogP contribution in [0.2, 0.25) is 0 Å². The molecule has 0 aliphatic heterocycles. The normalized spacial score (nSPS) is 12.2. The number of halogens is 2. The molecule has 1 rings (SSSR count). The van der Waals surface area contributed by atoms with Crippen LogP contribution in [0.3, 0.4) is 0 Å². The first-order valence-electron chi connectivity index (χ1n) is 4.62. The van der Waals surface area contributed by atoms with Crippen molar-refractivity contribution in [2.24, 2.45) is 0 Å². The van der Waals surface area contributed by atoms with Gasteiger partial charge in [0.05, 0.1) is 17.6 Å². The molecule has 94 valence electrons. The van der Waals surface area contributed by atoms with E-state index in [-0.39, 0.29) is 12.2 Å². The smallest absolute Gasteiger partial charge is 0.340 e. The summed E-state index contributed by atoms with van der Waals surface area (Å²) in [6, 6.07) is 1.48. The van der Waals surface area contributed by atoms with Gasteiger partial charge in [0.25, 0.3) is 0 Å². The SMILES string of the molecule is O=[N+]([O-])c1c(F)cc(NCC(O)CO)cc1F. The molecule has 0 heterocycles. The molecule has 1 aromatic rings. The number of nitrogens with one attached hydrogen (secondary N) is 1. The summed E-state index contributed by atoms with van der Waals surface area (Å²) in [6.07, 6.45) is -1.09. The van der Waals surface area contributed by atoms with E-state index in [2.05, 4.69) is 5.32 Å². The number of nitrogens with zero attached hydrogens (tertiary/aromatic N) is 1. The minimum absolute atomic E-state index is 0.0573. The number of nitro groups is 1. The summed E-state index contributed by atoms with van der Waals surface area (Å²) >= 11 is 0. The van der Waals surface area contributed by atoms with Crippen LogP contribution in [-0.4, -0.2) is 34.4 Å². The molecule has 0 spiro atoms. The molecule has 0 aromatic heterocycles. The Hall–Kier alpha value is -1.80. The van der Waals surface area contributed by atoms with Crippen LogP contribution >= 0.6 is 0 Å². The van der Waals surface area contributed by atoms with Gasteiger partial charge in [0.1, 0.15) is 0 Å². The van der Waals surface area contributed by atoms with Gasteiger partial charge in [-0.05, 0) is 0 Å². The van der Waals surface area contributed by atoms with Crippen LogP contribution in [-0.2, 0) is 0 Å². The zero-order valence-electron chi connectivity index (χ0n) is 8.56. The highest BCUT2D eigenvalue weighted by Gasteiger charge is 2.21. The highest BCUT2D eigenvalue weighted by Crippen LogP contribution is 2.25. The van der Waals surface area contributed by atoms with Gasteiger partial charge >= 0.3 is 5.69 Å². The molecule has 17 heavy (non-hydrogen) atoms. The average Bonchev–Trinajstić information content (AvgIpc) is 2.24. The maximum Gasteiger partial charge on any atom is 0.340 e. The van der Waals surface area contributed by atoms with Gasteiger partial charge in [-0.25, -0.2) is 0 Å². The summed E-state index contributed by atoms with van der Waals surface area (Å²) in [4.78, 5) is 9.14. The molecule has 0 radical (unpaired) electrons. The number of anilines is 1. The zero-order chi connectivity index (χ0) is 13.0. The Labute approximate surface area is 94.6 Å². The molecule has 1 aromatic carbocycles. The van der Waals surface area contributed by atoms with Crippen molar-refractivity contribution in [3.8, 4) is 0 Å². The van der Waals surface area contributed by atoms with Crippen molar-refractivity contribution >= 4 is 11.4 Å². The predicted molar refractivity (Wildman–Crippen MR) is 54.6 cm³/mol. The molecule has 0 saturated heterocycles. The van der Waals surface area contributed by atoms with Gasteiger partial charge in [-0.1, -0.05) is 0 Å². The molecule has 0 amide bonds. The van der Waals surface area contributed by atoms with E-state index < -0.39 is 35.0 Å². The molecule has 0 fully saturated rings. The number of rotatable bonds is 5. The molecule has 0 saturated carbocycles. The third-order valence-corrected chi connectivity index (χ3v) is 1.95. The highest BCUT2D eigenvalue weighted by atomic mass is 19.1. The third kappa shape index (κ3) is 3.33. The van der Waals surface area contributed by atoms with Crippen LogP contribution in [0.4, 0.5) is 20.2 Å². The summed E-state index contributed by atoms with van der Waals surface area (Å²) in [5.41, 5.74) is -1.28. The van der Waals surface area contributed by atoms with E-state index >= 15 is 0 Å². The Bertz CT molecular complexity index is 404. The average molecular weight is 248 g/mol. The summed E-state index contributed by atoms with van der Waals surface area (Å²) in [5.74, 6) is -2.62. The lowest BCUT2D eigenvalue weighted by Crippen LogP contribution is -2.23. The predicted octanol–water partition coefficient (Wildman–Crippen LogP) is 0.638. The number of aliphatic hydroxyl groups is 2. The highest BCUT2D eigenvalue weighted by molar-refractivity contribution is 5.50. The fraction of sp³-hybridized carbons (Fsp3) is 0.333. The van der Waals surface area contributed by atoms with Gasteiger partial charge in [-0.2, -0.15) is 8.78 Å². The Kier molecular flexibility index (Phi) is 4.30. The maximum absolute atomic E-state index is 13.1. The molecule has 0 bridgehead atoms. The standard InChI is InChI=1S/C9H10F2N2O4/c10-7-1-5(12-3-6(15)4-14)2-8(11)9(7)13(16)17/h1-2,6,12,14-15H,3-4H2. The van der Waals surface area contributed by atoms with Gasteiger partial charge in [0, 0.05) is 24.4 Å². The molecule has 0 aliphatic rings. The van der Waals surface area contributed by atoms with Crippen LogP contribution < -0.4 is 5.32 Å². The summed E-state index contributed by atoms with van der Waals surface area (Å²) < 4.78 is 26.3. The largest absolute Gasteiger partial charge is 0.394 e. The second-order valence-electron chi connectivity index (χ2n) is 3.26. The van der Waals surface area contributed by atoms with Crippen LogP contribution in [0, 0.1) is 21.7 Å².